The number of hydrogen-bond acceptors (Lipinski definition) is 4. The van der Waals surface area contributed by atoms with Crippen molar-refractivity contribution in [3.8, 4) is 0 Å². The fourth-order valence-electron chi connectivity index (χ4n) is 1.80. The van der Waals surface area contributed by atoms with Crippen LogP contribution < -0.4 is 4.90 Å². The van der Waals surface area contributed by atoms with Gasteiger partial charge in [0.15, 0.2) is 0 Å². The molecule has 0 N–H and O–H groups in total. The number of alkyl halides is 2. The Morgan fingerprint density at radius 2 is 2.33 bits per heavy atom. The van der Waals surface area contributed by atoms with Gasteiger partial charge in [0.1, 0.15) is 5.82 Å². The zero-order valence-electron chi connectivity index (χ0n) is 9.62. The number of pyridine rings is 1. The van der Waals surface area contributed by atoms with Gasteiger partial charge in [0.05, 0.1) is 23.7 Å². The Labute approximate surface area is 111 Å². The summed E-state index contributed by atoms with van der Waals surface area (Å²) < 4.78 is 31.3. The van der Waals surface area contributed by atoms with E-state index in [0.29, 0.717) is 10.3 Å². The number of aromatic nitrogens is 1. The fourth-order valence-corrected chi connectivity index (χ4v) is 2.18. The molecule has 2 rings (SSSR count). The molecule has 4 nitrogen and oxygen atoms in total. The van der Waals surface area contributed by atoms with Gasteiger partial charge in [-0.1, -0.05) is 0 Å². The molecule has 0 unspecified atom stereocenters. The Morgan fingerprint density at radius 1 is 1.61 bits per heavy atom. The average Bonchev–Trinajstić information content (AvgIpc) is 2.69. The zero-order chi connectivity index (χ0) is 13.3. The molecule has 0 saturated carbocycles. The molecule has 18 heavy (non-hydrogen) atoms. The highest BCUT2D eigenvalue weighted by molar-refractivity contribution is 9.10. The van der Waals surface area contributed by atoms with E-state index in [1.807, 2.05) is 0 Å². The Kier molecular flexibility index (Phi) is 3.52. The summed E-state index contributed by atoms with van der Waals surface area (Å²) in [7, 11) is 1.26. The van der Waals surface area contributed by atoms with Crippen molar-refractivity contribution in [3.63, 3.8) is 0 Å². The third-order valence-corrected chi connectivity index (χ3v) is 3.37. The van der Waals surface area contributed by atoms with Crippen LogP contribution in [0.25, 0.3) is 0 Å². The van der Waals surface area contributed by atoms with E-state index in [4.69, 9.17) is 0 Å². The Balaban J connectivity index is 2.28. The number of esters is 1. The van der Waals surface area contributed by atoms with E-state index < -0.39 is 11.9 Å². The first kappa shape index (κ1) is 13.2. The van der Waals surface area contributed by atoms with Crippen molar-refractivity contribution in [1.82, 2.24) is 4.98 Å². The first-order valence-corrected chi connectivity index (χ1v) is 6.09. The third-order valence-electron chi connectivity index (χ3n) is 2.74. The number of ether oxygens (including phenoxy) is 1. The molecular weight excluding hydrogens is 310 g/mol. The number of halogens is 3. The molecule has 1 aromatic heterocycles. The average molecular weight is 321 g/mol. The predicted molar refractivity (Wildman–Crippen MR) is 65.1 cm³/mol. The minimum absolute atomic E-state index is 0.196. The molecule has 98 valence electrons. The molecule has 0 bridgehead atoms. The highest BCUT2D eigenvalue weighted by Crippen LogP contribution is 2.31. The summed E-state index contributed by atoms with van der Waals surface area (Å²) in [6.07, 6.45) is 1.22. The van der Waals surface area contributed by atoms with Gasteiger partial charge in [-0.15, -0.1) is 0 Å². The van der Waals surface area contributed by atoms with E-state index in [9.17, 15) is 13.6 Å². The third kappa shape index (κ3) is 2.60. The van der Waals surface area contributed by atoms with E-state index in [1.54, 1.807) is 0 Å². The van der Waals surface area contributed by atoms with Gasteiger partial charge in [-0.25, -0.2) is 18.6 Å². The predicted octanol–water partition coefficient (Wildman–Crippen LogP) is 2.48. The molecule has 7 heteroatoms. The fraction of sp³-hybridized carbons (Fsp3) is 0.455. The highest BCUT2D eigenvalue weighted by atomic mass is 79.9. The monoisotopic (exact) mass is 320 g/mol. The first-order chi connectivity index (χ1) is 8.43. The molecular formula is C11H11BrF2N2O2. The van der Waals surface area contributed by atoms with Gasteiger partial charge in [0.25, 0.3) is 5.92 Å². The smallest absolute Gasteiger partial charge is 0.339 e. The zero-order valence-corrected chi connectivity index (χ0v) is 11.2. The minimum Gasteiger partial charge on any atom is -0.465 e. The van der Waals surface area contributed by atoms with Crippen LogP contribution in [0.2, 0.25) is 0 Å². The second-order valence-electron chi connectivity index (χ2n) is 4.04. The topological polar surface area (TPSA) is 42.4 Å². The summed E-state index contributed by atoms with van der Waals surface area (Å²) in [5, 5.41) is 0. The summed E-state index contributed by atoms with van der Waals surface area (Å²) in [6, 6.07) is 1.46. The van der Waals surface area contributed by atoms with Crippen LogP contribution in [-0.2, 0) is 4.74 Å². The van der Waals surface area contributed by atoms with E-state index in [2.05, 4.69) is 25.7 Å². The van der Waals surface area contributed by atoms with Gasteiger partial charge in [-0.05, 0) is 22.0 Å². The maximum absolute atomic E-state index is 13.1. The van der Waals surface area contributed by atoms with E-state index in [-0.39, 0.29) is 25.1 Å². The molecule has 1 saturated heterocycles. The normalized spacial score (nSPS) is 17.9. The second kappa shape index (κ2) is 4.79. The highest BCUT2D eigenvalue weighted by Gasteiger charge is 2.38. The maximum atomic E-state index is 13.1. The molecule has 0 radical (unpaired) electrons. The van der Waals surface area contributed by atoms with Crippen LogP contribution in [0, 0.1) is 0 Å². The Bertz CT molecular complexity index is 482. The lowest BCUT2D eigenvalue weighted by atomic mass is 10.2. The van der Waals surface area contributed by atoms with Crippen molar-refractivity contribution in [2.45, 2.75) is 12.3 Å². The SMILES string of the molecule is COC(=O)c1cc(N2CCC(F)(F)C2)ncc1Br. The molecule has 0 atom stereocenters. The summed E-state index contributed by atoms with van der Waals surface area (Å²) in [5.74, 6) is -2.87. The van der Waals surface area contributed by atoms with Gasteiger partial charge in [-0.2, -0.15) is 0 Å². The lowest BCUT2D eigenvalue weighted by molar-refractivity contribution is 0.0256. The standard InChI is InChI=1S/C11H11BrF2N2O2/c1-18-10(17)7-4-9(15-5-8(7)12)16-3-2-11(13,14)6-16/h4-5H,2-3,6H2,1H3. The minimum atomic E-state index is -2.69. The number of anilines is 1. The maximum Gasteiger partial charge on any atom is 0.339 e. The van der Waals surface area contributed by atoms with Crippen molar-refractivity contribution in [2.75, 3.05) is 25.1 Å². The van der Waals surface area contributed by atoms with Gasteiger partial charge in [-0.3, -0.25) is 0 Å². The van der Waals surface area contributed by atoms with E-state index in [0.717, 1.165) is 0 Å². The van der Waals surface area contributed by atoms with Crippen molar-refractivity contribution >= 4 is 27.7 Å². The molecule has 2 heterocycles. The van der Waals surface area contributed by atoms with Crippen LogP contribution in [0.3, 0.4) is 0 Å². The Hall–Kier alpha value is -1.24. The molecule has 1 aliphatic heterocycles. The summed E-state index contributed by atoms with van der Waals surface area (Å²) in [5.41, 5.74) is 0.276. The van der Waals surface area contributed by atoms with Crippen LogP contribution in [-0.4, -0.2) is 37.1 Å². The van der Waals surface area contributed by atoms with Crippen LogP contribution in [0.15, 0.2) is 16.7 Å². The van der Waals surface area contributed by atoms with Gasteiger partial charge in [0.2, 0.25) is 0 Å². The Morgan fingerprint density at radius 3 is 2.89 bits per heavy atom. The van der Waals surface area contributed by atoms with Crippen LogP contribution in [0.5, 0.6) is 0 Å². The molecule has 1 aromatic rings. The first-order valence-electron chi connectivity index (χ1n) is 5.29. The lowest BCUT2D eigenvalue weighted by Gasteiger charge is -2.17. The molecule has 1 fully saturated rings. The number of hydrogen-bond donors (Lipinski definition) is 0. The van der Waals surface area contributed by atoms with Crippen molar-refractivity contribution < 1.29 is 18.3 Å². The largest absolute Gasteiger partial charge is 0.465 e. The van der Waals surface area contributed by atoms with E-state index in [1.165, 1.54) is 24.3 Å². The number of carbonyl (C=O) groups excluding carboxylic acids is 1. The summed E-state index contributed by atoms with van der Waals surface area (Å²) >= 11 is 3.17. The molecule has 0 amide bonds. The molecule has 0 aliphatic carbocycles. The van der Waals surface area contributed by atoms with Crippen molar-refractivity contribution in [1.29, 1.82) is 0 Å². The van der Waals surface area contributed by atoms with Crippen LogP contribution in [0.1, 0.15) is 16.8 Å². The van der Waals surface area contributed by atoms with Crippen LogP contribution in [0.4, 0.5) is 14.6 Å². The van der Waals surface area contributed by atoms with Gasteiger partial charge < -0.3 is 9.64 Å². The number of carbonyl (C=O) groups is 1. The number of rotatable bonds is 2. The van der Waals surface area contributed by atoms with Gasteiger partial charge in [0, 0.05) is 19.2 Å². The van der Waals surface area contributed by atoms with Crippen molar-refractivity contribution in [3.05, 3.63) is 22.3 Å². The van der Waals surface area contributed by atoms with Gasteiger partial charge >= 0.3 is 5.97 Å². The quantitative estimate of drug-likeness (QED) is 0.785. The van der Waals surface area contributed by atoms with E-state index >= 15 is 0 Å². The number of nitrogens with zero attached hydrogens (tertiary/aromatic N) is 2. The molecule has 1 aliphatic rings. The molecule has 0 spiro atoms. The number of methoxy groups -OCH3 is 1. The molecule has 0 aromatic carbocycles. The summed E-state index contributed by atoms with van der Waals surface area (Å²) in [4.78, 5) is 17.0. The summed E-state index contributed by atoms with van der Waals surface area (Å²) in [6.45, 7) is -0.148. The second-order valence-corrected chi connectivity index (χ2v) is 4.90. The van der Waals surface area contributed by atoms with Crippen LogP contribution >= 0.6 is 15.9 Å². The lowest BCUT2D eigenvalue weighted by Crippen LogP contribution is -2.25. The van der Waals surface area contributed by atoms with Crippen molar-refractivity contribution in [2.24, 2.45) is 0 Å².